The molecule has 0 aromatic carbocycles. The molecule has 0 aromatic rings. The van der Waals surface area contributed by atoms with Gasteiger partial charge in [0.25, 0.3) is 0 Å². The fourth-order valence-electron chi connectivity index (χ4n) is 2.50. The van der Waals surface area contributed by atoms with Crippen LogP contribution in [-0.2, 0) is 4.79 Å². The monoisotopic (exact) mass is 354 g/mol. The Morgan fingerprint density at radius 2 is 1.40 bits per heavy atom. The summed E-state index contributed by atoms with van der Waals surface area (Å²) in [5.74, 6) is 0.561. The number of carbonyl (C=O) groups is 1. The maximum Gasteiger partial charge on any atom is 0.224 e. The number of hydrogen-bond acceptors (Lipinski definition) is 2. The Balaban J connectivity index is 0. The van der Waals surface area contributed by atoms with Crippen molar-refractivity contribution < 1.29 is 4.79 Å². The van der Waals surface area contributed by atoms with Crippen molar-refractivity contribution in [3.05, 3.63) is 12.2 Å². The Hall–Kier alpha value is -0.830. The van der Waals surface area contributed by atoms with Gasteiger partial charge in [0.1, 0.15) is 0 Å². The topological polar surface area (TPSA) is 41.1 Å². The molecule has 0 aromatic heterocycles. The number of carbonyl (C=O) groups excluding carboxylic acids is 1. The fraction of sp³-hybridized carbons (Fsp3) is 0.864. The van der Waals surface area contributed by atoms with Gasteiger partial charge in [-0.3, -0.25) is 4.79 Å². The standard InChI is InChI=1S/C11H22N2O.C7H14.C4H10/c1-5-6-7-13-11(14)10(8-12-4)9(2)3;1-2-4-6-7-5-3-1;1-3-4-2/h5-6,9-10,12H,7-8H2,1-4H3,(H,13,14);1-7H2;3-4H2,1-2H3/b6-5+;;. The molecule has 1 fully saturated rings. The Morgan fingerprint density at radius 3 is 1.68 bits per heavy atom. The van der Waals surface area contributed by atoms with E-state index < -0.39 is 0 Å². The Kier molecular flexibility index (Phi) is 22.4. The van der Waals surface area contributed by atoms with E-state index in [2.05, 4.69) is 38.3 Å². The van der Waals surface area contributed by atoms with Crippen molar-refractivity contribution in [1.29, 1.82) is 0 Å². The van der Waals surface area contributed by atoms with Crippen molar-refractivity contribution >= 4 is 5.91 Å². The predicted molar refractivity (Wildman–Crippen MR) is 113 cm³/mol. The minimum absolute atomic E-state index is 0.0604. The molecule has 1 aliphatic carbocycles. The highest BCUT2D eigenvalue weighted by molar-refractivity contribution is 5.79. The third kappa shape index (κ3) is 19.3. The van der Waals surface area contributed by atoms with Gasteiger partial charge in [-0.1, -0.05) is 97.6 Å². The highest BCUT2D eigenvalue weighted by atomic mass is 16.1. The van der Waals surface area contributed by atoms with E-state index in [1.807, 2.05) is 26.1 Å². The van der Waals surface area contributed by atoms with Gasteiger partial charge in [0.2, 0.25) is 5.91 Å². The number of hydrogen-bond donors (Lipinski definition) is 2. The van der Waals surface area contributed by atoms with Crippen molar-refractivity contribution in [2.45, 2.75) is 92.4 Å². The highest BCUT2D eigenvalue weighted by Crippen LogP contribution is 2.15. The zero-order valence-electron chi connectivity index (χ0n) is 18.0. The molecule has 0 spiro atoms. The van der Waals surface area contributed by atoms with Gasteiger partial charge in [0.05, 0.1) is 5.92 Å². The van der Waals surface area contributed by atoms with Gasteiger partial charge in [-0.05, 0) is 19.9 Å². The minimum Gasteiger partial charge on any atom is -0.352 e. The summed E-state index contributed by atoms with van der Waals surface area (Å²) in [6, 6.07) is 0. The Morgan fingerprint density at radius 1 is 0.960 bits per heavy atom. The van der Waals surface area contributed by atoms with Gasteiger partial charge in [-0.25, -0.2) is 0 Å². The molecule has 0 heterocycles. The first-order chi connectivity index (χ1) is 12.0. The lowest BCUT2D eigenvalue weighted by atomic mass is 9.95. The van der Waals surface area contributed by atoms with Crippen LogP contribution in [-0.4, -0.2) is 26.0 Å². The fourth-order valence-corrected chi connectivity index (χ4v) is 2.50. The van der Waals surface area contributed by atoms with E-state index in [1.165, 1.54) is 57.8 Å². The Labute approximate surface area is 158 Å². The van der Waals surface area contributed by atoms with E-state index in [4.69, 9.17) is 0 Å². The van der Waals surface area contributed by atoms with Crippen LogP contribution in [0.5, 0.6) is 0 Å². The summed E-state index contributed by atoms with van der Waals surface area (Å²) in [7, 11) is 1.87. The normalized spacial score (nSPS) is 15.5. The molecule has 1 rings (SSSR count). The van der Waals surface area contributed by atoms with Crippen LogP contribution in [0.15, 0.2) is 12.2 Å². The van der Waals surface area contributed by atoms with Crippen LogP contribution in [0.3, 0.4) is 0 Å². The van der Waals surface area contributed by atoms with E-state index in [-0.39, 0.29) is 11.8 Å². The SMILES string of the molecule is C/C=C/CNC(=O)C(CNC)C(C)C.C1CCCCCC1.CCCC. The van der Waals surface area contributed by atoms with E-state index >= 15 is 0 Å². The maximum atomic E-state index is 11.7. The molecule has 0 aliphatic heterocycles. The van der Waals surface area contributed by atoms with Crippen molar-refractivity contribution in [3.8, 4) is 0 Å². The summed E-state index contributed by atoms with van der Waals surface area (Å²) in [5, 5.41) is 5.93. The largest absolute Gasteiger partial charge is 0.352 e. The smallest absolute Gasteiger partial charge is 0.224 e. The number of amides is 1. The molecule has 1 aliphatic rings. The van der Waals surface area contributed by atoms with Gasteiger partial charge in [0.15, 0.2) is 0 Å². The zero-order valence-corrected chi connectivity index (χ0v) is 18.0. The van der Waals surface area contributed by atoms with Crippen molar-refractivity contribution in [2.75, 3.05) is 20.1 Å². The zero-order chi connectivity index (χ0) is 19.3. The van der Waals surface area contributed by atoms with Crippen LogP contribution >= 0.6 is 0 Å². The van der Waals surface area contributed by atoms with Gasteiger partial charge >= 0.3 is 0 Å². The molecular weight excluding hydrogens is 308 g/mol. The highest BCUT2D eigenvalue weighted by Gasteiger charge is 2.20. The summed E-state index contributed by atoms with van der Waals surface area (Å²) < 4.78 is 0. The van der Waals surface area contributed by atoms with Crippen LogP contribution in [0.25, 0.3) is 0 Å². The van der Waals surface area contributed by atoms with Gasteiger partial charge in [0, 0.05) is 13.1 Å². The van der Waals surface area contributed by atoms with E-state index in [1.54, 1.807) is 0 Å². The summed E-state index contributed by atoms with van der Waals surface area (Å²) in [5.41, 5.74) is 0. The van der Waals surface area contributed by atoms with Crippen molar-refractivity contribution in [3.63, 3.8) is 0 Å². The second-order valence-corrected chi connectivity index (χ2v) is 7.20. The molecule has 0 bridgehead atoms. The van der Waals surface area contributed by atoms with Gasteiger partial charge in [-0.2, -0.15) is 0 Å². The molecule has 1 saturated carbocycles. The lowest BCUT2D eigenvalue weighted by Gasteiger charge is -2.19. The molecule has 1 unspecified atom stereocenters. The second kappa shape index (κ2) is 21.2. The van der Waals surface area contributed by atoms with E-state index in [9.17, 15) is 4.79 Å². The molecule has 3 heteroatoms. The summed E-state index contributed by atoms with van der Waals surface area (Å²) in [6.07, 6.45) is 17.0. The summed E-state index contributed by atoms with van der Waals surface area (Å²) in [6.45, 7) is 11.8. The molecule has 2 N–H and O–H groups in total. The molecule has 0 saturated heterocycles. The lowest BCUT2D eigenvalue weighted by Crippen LogP contribution is -2.38. The van der Waals surface area contributed by atoms with Crippen LogP contribution in [0.2, 0.25) is 0 Å². The predicted octanol–water partition coefficient (Wildman–Crippen LogP) is 5.71. The molecule has 25 heavy (non-hydrogen) atoms. The molecule has 1 atom stereocenters. The first-order valence-electron chi connectivity index (χ1n) is 10.6. The van der Waals surface area contributed by atoms with E-state index in [0.29, 0.717) is 12.5 Å². The van der Waals surface area contributed by atoms with Crippen LogP contribution in [0.4, 0.5) is 0 Å². The number of unbranched alkanes of at least 4 members (excludes halogenated alkanes) is 1. The number of rotatable bonds is 7. The van der Waals surface area contributed by atoms with Crippen molar-refractivity contribution in [1.82, 2.24) is 10.6 Å². The molecule has 0 radical (unpaired) electrons. The number of nitrogens with one attached hydrogen (secondary N) is 2. The third-order valence-corrected chi connectivity index (χ3v) is 4.45. The quantitative estimate of drug-likeness (QED) is 0.454. The minimum atomic E-state index is 0.0604. The van der Waals surface area contributed by atoms with Gasteiger partial charge < -0.3 is 10.6 Å². The first-order valence-corrected chi connectivity index (χ1v) is 10.6. The summed E-state index contributed by atoms with van der Waals surface area (Å²) >= 11 is 0. The first kappa shape index (κ1) is 26.4. The third-order valence-electron chi connectivity index (χ3n) is 4.45. The molecule has 1 amide bonds. The molecular formula is C22H46N2O. The molecule has 150 valence electrons. The van der Waals surface area contributed by atoms with Crippen LogP contribution < -0.4 is 10.6 Å². The Bertz CT molecular complexity index is 279. The summed E-state index contributed by atoms with van der Waals surface area (Å²) in [4.78, 5) is 11.7. The average Bonchev–Trinajstić information content (AvgIpc) is 2.93. The average molecular weight is 355 g/mol. The maximum absolute atomic E-state index is 11.7. The lowest BCUT2D eigenvalue weighted by molar-refractivity contribution is -0.125. The van der Waals surface area contributed by atoms with E-state index in [0.717, 1.165) is 6.54 Å². The molecule has 3 nitrogen and oxygen atoms in total. The van der Waals surface area contributed by atoms with Crippen LogP contribution in [0, 0.1) is 11.8 Å². The number of allylic oxidation sites excluding steroid dienone is 1. The van der Waals surface area contributed by atoms with Crippen LogP contribution in [0.1, 0.15) is 92.4 Å². The second-order valence-electron chi connectivity index (χ2n) is 7.20. The van der Waals surface area contributed by atoms with Crippen molar-refractivity contribution in [2.24, 2.45) is 11.8 Å². The van der Waals surface area contributed by atoms with Gasteiger partial charge in [-0.15, -0.1) is 0 Å².